The summed E-state index contributed by atoms with van der Waals surface area (Å²) in [6.45, 7) is 7.45. The van der Waals surface area contributed by atoms with Crippen molar-refractivity contribution in [2.45, 2.75) is 39.0 Å². The van der Waals surface area contributed by atoms with E-state index in [1.807, 2.05) is 6.07 Å². The molecular formula is C14H21BrO. The topological polar surface area (TPSA) is 9.23 Å². The van der Waals surface area contributed by atoms with Crippen molar-refractivity contribution in [3.05, 3.63) is 29.8 Å². The highest BCUT2D eigenvalue weighted by atomic mass is 79.9. The lowest BCUT2D eigenvalue weighted by molar-refractivity contribution is 0.302. The van der Waals surface area contributed by atoms with Gasteiger partial charge in [-0.05, 0) is 29.9 Å². The Morgan fingerprint density at radius 2 is 1.81 bits per heavy atom. The second-order valence-corrected chi connectivity index (χ2v) is 5.78. The van der Waals surface area contributed by atoms with E-state index in [1.54, 1.807) is 0 Å². The van der Waals surface area contributed by atoms with Gasteiger partial charge in [-0.3, -0.25) is 0 Å². The zero-order valence-electron chi connectivity index (χ0n) is 10.4. The van der Waals surface area contributed by atoms with E-state index in [0.717, 1.165) is 30.5 Å². The molecule has 0 saturated carbocycles. The number of halogens is 1. The molecule has 0 unspecified atom stereocenters. The number of ether oxygens (including phenoxy) is 1. The van der Waals surface area contributed by atoms with Crippen molar-refractivity contribution in [1.29, 1.82) is 0 Å². The van der Waals surface area contributed by atoms with Crippen LogP contribution in [-0.2, 0) is 5.41 Å². The summed E-state index contributed by atoms with van der Waals surface area (Å²) in [7, 11) is 0. The van der Waals surface area contributed by atoms with Gasteiger partial charge in [0, 0.05) is 5.33 Å². The first-order valence-electron chi connectivity index (χ1n) is 5.84. The highest BCUT2D eigenvalue weighted by Gasteiger charge is 2.17. The molecule has 0 aromatic heterocycles. The van der Waals surface area contributed by atoms with Crippen LogP contribution in [0, 0.1) is 0 Å². The second-order valence-electron chi connectivity index (χ2n) is 4.99. The third-order valence-electron chi connectivity index (χ3n) is 2.48. The minimum Gasteiger partial charge on any atom is -0.493 e. The van der Waals surface area contributed by atoms with E-state index in [1.165, 1.54) is 5.56 Å². The molecule has 16 heavy (non-hydrogen) atoms. The Labute approximate surface area is 107 Å². The van der Waals surface area contributed by atoms with E-state index in [0.29, 0.717) is 0 Å². The van der Waals surface area contributed by atoms with Crippen molar-refractivity contribution in [2.75, 3.05) is 11.9 Å². The van der Waals surface area contributed by atoms with Gasteiger partial charge < -0.3 is 4.74 Å². The third kappa shape index (κ3) is 4.17. The van der Waals surface area contributed by atoms with Crippen LogP contribution in [0.1, 0.15) is 39.2 Å². The molecule has 0 spiro atoms. The van der Waals surface area contributed by atoms with Gasteiger partial charge >= 0.3 is 0 Å². The number of hydrogen-bond donors (Lipinski definition) is 0. The van der Waals surface area contributed by atoms with Gasteiger partial charge in [-0.1, -0.05) is 54.9 Å². The van der Waals surface area contributed by atoms with E-state index >= 15 is 0 Å². The molecule has 0 fully saturated rings. The van der Waals surface area contributed by atoms with Gasteiger partial charge in [0.15, 0.2) is 0 Å². The van der Waals surface area contributed by atoms with E-state index in [2.05, 4.69) is 54.9 Å². The normalized spacial score (nSPS) is 11.5. The van der Waals surface area contributed by atoms with Crippen LogP contribution in [0.4, 0.5) is 0 Å². The SMILES string of the molecule is CC(C)(C)c1ccccc1OCCCCBr. The summed E-state index contributed by atoms with van der Waals surface area (Å²) in [6.07, 6.45) is 2.27. The van der Waals surface area contributed by atoms with E-state index in [-0.39, 0.29) is 5.41 Å². The van der Waals surface area contributed by atoms with E-state index in [9.17, 15) is 0 Å². The Kier molecular flexibility index (Phi) is 5.33. The van der Waals surface area contributed by atoms with Crippen molar-refractivity contribution in [2.24, 2.45) is 0 Å². The smallest absolute Gasteiger partial charge is 0.123 e. The Morgan fingerprint density at radius 3 is 2.44 bits per heavy atom. The number of alkyl halides is 1. The van der Waals surface area contributed by atoms with E-state index < -0.39 is 0 Å². The molecule has 0 heterocycles. The number of para-hydroxylation sites is 1. The molecule has 1 nitrogen and oxygen atoms in total. The van der Waals surface area contributed by atoms with Crippen LogP contribution in [0.5, 0.6) is 5.75 Å². The second kappa shape index (κ2) is 6.29. The van der Waals surface area contributed by atoms with Crippen LogP contribution < -0.4 is 4.74 Å². The summed E-state index contributed by atoms with van der Waals surface area (Å²) in [6, 6.07) is 8.33. The number of rotatable bonds is 5. The first kappa shape index (κ1) is 13.6. The predicted octanol–water partition coefficient (Wildman–Crippen LogP) is 4.54. The Balaban J connectivity index is 2.65. The summed E-state index contributed by atoms with van der Waals surface area (Å²) >= 11 is 3.43. The van der Waals surface area contributed by atoms with Crippen LogP contribution in [-0.4, -0.2) is 11.9 Å². The molecule has 0 atom stereocenters. The summed E-state index contributed by atoms with van der Waals surface area (Å²) in [5.41, 5.74) is 1.43. The molecule has 0 saturated heterocycles. The predicted molar refractivity (Wildman–Crippen MR) is 73.7 cm³/mol. The zero-order valence-corrected chi connectivity index (χ0v) is 12.0. The van der Waals surface area contributed by atoms with Gasteiger partial charge in [0.25, 0.3) is 0 Å². The first-order chi connectivity index (χ1) is 7.55. The van der Waals surface area contributed by atoms with Crippen LogP contribution >= 0.6 is 15.9 Å². The molecule has 2 heteroatoms. The standard InChI is InChI=1S/C14H21BrO/c1-14(2,3)12-8-4-5-9-13(12)16-11-7-6-10-15/h4-5,8-9H,6-7,10-11H2,1-3H3. The van der Waals surface area contributed by atoms with Crippen molar-refractivity contribution in [3.8, 4) is 5.75 Å². The molecule has 0 bridgehead atoms. The molecule has 0 amide bonds. The Morgan fingerprint density at radius 1 is 1.12 bits per heavy atom. The third-order valence-corrected chi connectivity index (χ3v) is 3.04. The molecule has 0 aliphatic carbocycles. The van der Waals surface area contributed by atoms with Crippen molar-refractivity contribution in [1.82, 2.24) is 0 Å². The maximum atomic E-state index is 5.84. The summed E-state index contributed by atoms with van der Waals surface area (Å²) in [5.74, 6) is 1.03. The molecule has 1 rings (SSSR count). The number of benzene rings is 1. The van der Waals surface area contributed by atoms with Crippen LogP contribution in [0.2, 0.25) is 0 Å². The van der Waals surface area contributed by atoms with Crippen molar-refractivity contribution in [3.63, 3.8) is 0 Å². The highest BCUT2D eigenvalue weighted by molar-refractivity contribution is 9.09. The van der Waals surface area contributed by atoms with Crippen LogP contribution in [0.15, 0.2) is 24.3 Å². The molecule has 0 N–H and O–H groups in total. The lowest BCUT2D eigenvalue weighted by Crippen LogP contribution is -2.13. The van der Waals surface area contributed by atoms with Crippen molar-refractivity contribution < 1.29 is 4.74 Å². The van der Waals surface area contributed by atoms with E-state index in [4.69, 9.17) is 4.74 Å². The van der Waals surface area contributed by atoms with Gasteiger partial charge in [-0.2, -0.15) is 0 Å². The molecule has 1 aromatic carbocycles. The lowest BCUT2D eigenvalue weighted by Gasteiger charge is -2.22. The Hall–Kier alpha value is -0.500. The lowest BCUT2D eigenvalue weighted by atomic mass is 9.86. The van der Waals surface area contributed by atoms with Gasteiger partial charge in [0.2, 0.25) is 0 Å². The summed E-state index contributed by atoms with van der Waals surface area (Å²) < 4.78 is 5.84. The largest absolute Gasteiger partial charge is 0.493 e. The van der Waals surface area contributed by atoms with Crippen LogP contribution in [0.3, 0.4) is 0 Å². The first-order valence-corrected chi connectivity index (χ1v) is 6.96. The molecule has 0 aliphatic heterocycles. The fourth-order valence-electron chi connectivity index (χ4n) is 1.59. The number of hydrogen-bond acceptors (Lipinski definition) is 1. The fourth-order valence-corrected chi connectivity index (χ4v) is 1.99. The average Bonchev–Trinajstić information content (AvgIpc) is 2.24. The monoisotopic (exact) mass is 284 g/mol. The average molecular weight is 285 g/mol. The van der Waals surface area contributed by atoms with Gasteiger partial charge in [-0.25, -0.2) is 0 Å². The van der Waals surface area contributed by atoms with Gasteiger partial charge in [0.1, 0.15) is 5.75 Å². The van der Waals surface area contributed by atoms with Gasteiger partial charge in [-0.15, -0.1) is 0 Å². The fraction of sp³-hybridized carbons (Fsp3) is 0.571. The maximum Gasteiger partial charge on any atom is 0.123 e. The minimum absolute atomic E-state index is 0.145. The Bertz CT molecular complexity index is 315. The molecule has 90 valence electrons. The maximum absolute atomic E-state index is 5.84. The number of unbranched alkanes of at least 4 members (excludes halogenated alkanes) is 1. The molecule has 0 aliphatic rings. The molecule has 1 aromatic rings. The van der Waals surface area contributed by atoms with Crippen LogP contribution in [0.25, 0.3) is 0 Å². The molecular weight excluding hydrogens is 264 g/mol. The quantitative estimate of drug-likeness (QED) is 0.570. The van der Waals surface area contributed by atoms with Crippen molar-refractivity contribution >= 4 is 15.9 Å². The summed E-state index contributed by atoms with van der Waals surface area (Å²) in [5, 5.41) is 1.05. The molecule has 0 radical (unpaired) electrons. The minimum atomic E-state index is 0.145. The van der Waals surface area contributed by atoms with Gasteiger partial charge in [0.05, 0.1) is 6.61 Å². The summed E-state index contributed by atoms with van der Waals surface area (Å²) in [4.78, 5) is 0. The zero-order chi connectivity index (χ0) is 12.0. The highest BCUT2D eigenvalue weighted by Crippen LogP contribution is 2.30.